The summed E-state index contributed by atoms with van der Waals surface area (Å²) >= 11 is 6.01. The van der Waals surface area contributed by atoms with E-state index in [9.17, 15) is 0 Å². The first-order valence-corrected chi connectivity index (χ1v) is 7.02. The van der Waals surface area contributed by atoms with Gasteiger partial charge in [0.1, 0.15) is 0 Å². The van der Waals surface area contributed by atoms with Crippen molar-refractivity contribution in [2.24, 2.45) is 0 Å². The van der Waals surface area contributed by atoms with E-state index in [1.165, 1.54) is 11.3 Å². The maximum atomic E-state index is 6.01. The second kappa shape index (κ2) is 7.72. The first-order valence-electron chi connectivity index (χ1n) is 6.49. The highest BCUT2D eigenvalue weighted by Crippen LogP contribution is 2.18. The molecule has 0 aromatic carbocycles. The molecule has 1 rings (SSSR count). The van der Waals surface area contributed by atoms with Gasteiger partial charge in [0.05, 0.1) is 24.7 Å². The molecule has 0 radical (unpaired) electrons. The predicted molar refractivity (Wildman–Crippen MR) is 71.7 cm³/mol. The topological polar surface area (TPSA) is 27.1 Å². The molecule has 0 saturated heterocycles. The minimum Gasteiger partial charge on any atom is -0.380 e. The molecule has 98 valence electrons. The Morgan fingerprint density at radius 3 is 2.47 bits per heavy atom. The second-order valence-electron chi connectivity index (χ2n) is 4.05. The zero-order chi connectivity index (χ0) is 12.7. The third kappa shape index (κ3) is 3.71. The van der Waals surface area contributed by atoms with E-state index in [0.29, 0.717) is 5.88 Å². The number of halogens is 1. The molecule has 0 N–H and O–H groups in total. The van der Waals surface area contributed by atoms with Gasteiger partial charge in [-0.3, -0.25) is 4.68 Å². The summed E-state index contributed by atoms with van der Waals surface area (Å²) < 4.78 is 7.57. The van der Waals surface area contributed by atoms with E-state index >= 15 is 0 Å². The van der Waals surface area contributed by atoms with Crippen molar-refractivity contribution in [3.63, 3.8) is 0 Å². The third-order valence-electron chi connectivity index (χ3n) is 2.85. The zero-order valence-electron chi connectivity index (χ0n) is 11.1. The molecule has 17 heavy (non-hydrogen) atoms. The summed E-state index contributed by atoms with van der Waals surface area (Å²) in [5, 5.41) is 4.62. The van der Waals surface area contributed by atoms with Gasteiger partial charge in [0.25, 0.3) is 0 Å². The molecule has 3 nitrogen and oxygen atoms in total. The lowest BCUT2D eigenvalue weighted by Gasteiger charge is -2.07. The lowest BCUT2D eigenvalue weighted by Crippen LogP contribution is -2.11. The van der Waals surface area contributed by atoms with Crippen molar-refractivity contribution in [2.75, 3.05) is 13.2 Å². The van der Waals surface area contributed by atoms with Crippen LogP contribution in [0, 0.1) is 0 Å². The van der Waals surface area contributed by atoms with E-state index in [0.717, 1.165) is 44.7 Å². The Labute approximate surface area is 109 Å². The van der Waals surface area contributed by atoms with E-state index < -0.39 is 0 Å². The van der Waals surface area contributed by atoms with E-state index in [1.54, 1.807) is 0 Å². The molecule has 4 heteroatoms. The second-order valence-corrected chi connectivity index (χ2v) is 4.32. The molecule has 0 amide bonds. The molecule has 1 heterocycles. The monoisotopic (exact) mass is 258 g/mol. The molecule has 0 fully saturated rings. The normalized spacial score (nSPS) is 11.1. The zero-order valence-corrected chi connectivity index (χ0v) is 11.9. The molecule has 0 atom stereocenters. The van der Waals surface area contributed by atoms with Crippen molar-refractivity contribution < 1.29 is 4.74 Å². The van der Waals surface area contributed by atoms with Gasteiger partial charge in [-0.05, 0) is 19.3 Å². The van der Waals surface area contributed by atoms with Crippen molar-refractivity contribution in [3.05, 3.63) is 17.0 Å². The van der Waals surface area contributed by atoms with Gasteiger partial charge in [0.15, 0.2) is 0 Å². The van der Waals surface area contributed by atoms with Crippen LogP contribution in [0.3, 0.4) is 0 Å². The number of rotatable bonds is 8. The molecule has 0 aliphatic rings. The van der Waals surface area contributed by atoms with Crippen molar-refractivity contribution in [1.82, 2.24) is 9.78 Å². The van der Waals surface area contributed by atoms with Crippen molar-refractivity contribution in [2.45, 2.75) is 52.5 Å². The van der Waals surface area contributed by atoms with E-state index in [2.05, 4.69) is 30.6 Å². The van der Waals surface area contributed by atoms with Gasteiger partial charge in [0, 0.05) is 17.9 Å². The Balaban J connectivity index is 2.73. The van der Waals surface area contributed by atoms with Crippen molar-refractivity contribution >= 4 is 11.6 Å². The number of ether oxygens (including phenoxy) is 1. The largest absolute Gasteiger partial charge is 0.380 e. The molecule has 1 aromatic rings. The number of hydrogen-bond donors (Lipinski definition) is 0. The molecule has 0 unspecified atom stereocenters. The van der Waals surface area contributed by atoms with Crippen LogP contribution in [0.1, 0.15) is 44.1 Å². The number of hydrogen-bond acceptors (Lipinski definition) is 2. The Bertz CT molecular complexity index is 336. The van der Waals surface area contributed by atoms with Crippen molar-refractivity contribution in [1.29, 1.82) is 0 Å². The average Bonchev–Trinajstić information content (AvgIpc) is 2.71. The third-order valence-corrected chi connectivity index (χ3v) is 3.12. The van der Waals surface area contributed by atoms with Gasteiger partial charge < -0.3 is 4.74 Å². The van der Waals surface area contributed by atoms with Gasteiger partial charge >= 0.3 is 0 Å². The van der Waals surface area contributed by atoms with Crippen LogP contribution in [-0.4, -0.2) is 23.0 Å². The number of alkyl halides is 1. The molecule has 0 bridgehead atoms. The quantitative estimate of drug-likeness (QED) is 0.529. The highest BCUT2D eigenvalue weighted by molar-refractivity contribution is 6.17. The Kier molecular flexibility index (Phi) is 6.60. The van der Waals surface area contributed by atoms with Crippen LogP contribution in [0.5, 0.6) is 0 Å². The lowest BCUT2D eigenvalue weighted by molar-refractivity contribution is 0.123. The van der Waals surface area contributed by atoms with E-state index in [1.807, 2.05) is 0 Å². The molecular formula is C13H23ClN2O. The summed E-state index contributed by atoms with van der Waals surface area (Å²) in [5.74, 6) is 0.558. The van der Waals surface area contributed by atoms with Crippen LogP contribution in [0.4, 0.5) is 0 Å². The van der Waals surface area contributed by atoms with Crippen LogP contribution in [-0.2, 0) is 30.0 Å². The molecular weight excluding hydrogens is 236 g/mol. The van der Waals surface area contributed by atoms with Gasteiger partial charge in [-0.15, -0.1) is 11.6 Å². The summed E-state index contributed by atoms with van der Waals surface area (Å²) in [6, 6.07) is 0. The Morgan fingerprint density at radius 2 is 1.94 bits per heavy atom. The molecule has 1 aromatic heterocycles. The van der Waals surface area contributed by atoms with Crippen LogP contribution in [0.2, 0.25) is 0 Å². The van der Waals surface area contributed by atoms with Gasteiger partial charge in [-0.1, -0.05) is 20.8 Å². The van der Waals surface area contributed by atoms with Crippen LogP contribution in [0.25, 0.3) is 0 Å². The standard InChI is InChI=1S/C13H23ClN2O/c1-4-8-17-9-7-16-13(6-3)11(10-14)12(5-2)15-16/h4-10H2,1-3H3. The van der Waals surface area contributed by atoms with Crippen LogP contribution < -0.4 is 0 Å². The molecule has 0 aliphatic heterocycles. The van der Waals surface area contributed by atoms with Gasteiger partial charge in [0.2, 0.25) is 0 Å². The van der Waals surface area contributed by atoms with Crippen LogP contribution >= 0.6 is 11.6 Å². The van der Waals surface area contributed by atoms with Crippen LogP contribution in [0.15, 0.2) is 0 Å². The average molecular weight is 259 g/mol. The molecule has 0 aliphatic carbocycles. The first-order chi connectivity index (χ1) is 8.28. The minimum atomic E-state index is 0.558. The Hall–Kier alpha value is -0.540. The molecule has 0 spiro atoms. The van der Waals surface area contributed by atoms with E-state index in [-0.39, 0.29) is 0 Å². The number of aryl methyl sites for hydroxylation is 1. The highest BCUT2D eigenvalue weighted by atomic mass is 35.5. The van der Waals surface area contributed by atoms with Crippen molar-refractivity contribution in [3.8, 4) is 0 Å². The lowest BCUT2D eigenvalue weighted by atomic mass is 10.1. The first kappa shape index (κ1) is 14.5. The molecule has 0 saturated carbocycles. The number of nitrogens with zero attached hydrogens (tertiary/aromatic N) is 2. The maximum absolute atomic E-state index is 6.01. The van der Waals surface area contributed by atoms with Gasteiger partial charge in [-0.25, -0.2) is 0 Å². The number of aromatic nitrogens is 2. The Morgan fingerprint density at radius 1 is 1.18 bits per heavy atom. The smallest absolute Gasteiger partial charge is 0.0668 e. The van der Waals surface area contributed by atoms with Gasteiger partial charge in [-0.2, -0.15) is 5.10 Å². The minimum absolute atomic E-state index is 0.558. The summed E-state index contributed by atoms with van der Waals surface area (Å²) in [7, 11) is 0. The summed E-state index contributed by atoms with van der Waals surface area (Å²) in [6.45, 7) is 8.77. The summed E-state index contributed by atoms with van der Waals surface area (Å²) in [4.78, 5) is 0. The highest BCUT2D eigenvalue weighted by Gasteiger charge is 2.13. The fraction of sp³-hybridized carbons (Fsp3) is 0.769. The predicted octanol–water partition coefficient (Wildman–Crippen LogP) is 3.17. The maximum Gasteiger partial charge on any atom is 0.0668 e. The fourth-order valence-electron chi connectivity index (χ4n) is 2.01. The SMILES string of the molecule is CCCOCCn1nc(CC)c(CCl)c1CC. The fourth-order valence-corrected chi connectivity index (χ4v) is 2.31. The summed E-state index contributed by atoms with van der Waals surface area (Å²) in [5.41, 5.74) is 3.61. The van der Waals surface area contributed by atoms with E-state index in [4.69, 9.17) is 16.3 Å². The summed E-state index contributed by atoms with van der Waals surface area (Å²) in [6.07, 6.45) is 2.98.